The van der Waals surface area contributed by atoms with Gasteiger partial charge in [0.15, 0.2) is 5.25 Å². The van der Waals surface area contributed by atoms with Crippen LogP contribution >= 0.6 is 0 Å². The normalized spacial score (nSPS) is 13.3. The summed E-state index contributed by atoms with van der Waals surface area (Å²) in [4.78, 5) is 0. The fourth-order valence-corrected chi connectivity index (χ4v) is 1.93. The first-order chi connectivity index (χ1) is 5.94. The Bertz CT molecular complexity index is 314. The molecule has 0 aliphatic carbocycles. The summed E-state index contributed by atoms with van der Waals surface area (Å²) in [6.45, 7) is 7.13. The third-order valence-electron chi connectivity index (χ3n) is 1.46. The van der Waals surface area contributed by atoms with E-state index in [4.69, 9.17) is 5.26 Å². The lowest BCUT2D eigenvalue weighted by molar-refractivity contribution is 0.576. The van der Waals surface area contributed by atoms with Crippen LogP contribution in [0.15, 0.2) is 12.2 Å². The molecule has 0 rings (SSSR count). The predicted molar refractivity (Wildman–Crippen MR) is 51.4 cm³/mol. The highest BCUT2D eigenvalue weighted by Gasteiger charge is 2.22. The number of hydrogen-bond acceptors (Lipinski definition) is 3. The van der Waals surface area contributed by atoms with Crippen molar-refractivity contribution in [1.82, 2.24) is 4.72 Å². The monoisotopic (exact) mass is 202 g/mol. The van der Waals surface area contributed by atoms with Gasteiger partial charge in [-0.25, -0.2) is 13.1 Å². The zero-order valence-electron chi connectivity index (χ0n) is 7.87. The third kappa shape index (κ3) is 4.06. The van der Waals surface area contributed by atoms with Gasteiger partial charge >= 0.3 is 0 Å². The molecule has 4 nitrogen and oxygen atoms in total. The van der Waals surface area contributed by atoms with Crippen molar-refractivity contribution >= 4 is 10.0 Å². The van der Waals surface area contributed by atoms with E-state index in [0.29, 0.717) is 6.42 Å². The van der Waals surface area contributed by atoms with Gasteiger partial charge in [0.05, 0.1) is 6.07 Å². The van der Waals surface area contributed by atoms with Crippen molar-refractivity contribution in [2.75, 3.05) is 6.54 Å². The summed E-state index contributed by atoms with van der Waals surface area (Å²) < 4.78 is 25.0. The summed E-state index contributed by atoms with van der Waals surface area (Å²) in [5, 5.41) is 7.57. The van der Waals surface area contributed by atoms with Crippen molar-refractivity contribution in [3.8, 4) is 6.07 Å². The third-order valence-corrected chi connectivity index (χ3v) is 3.20. The molecule has 0 aromatic carbocycles. The SMILES string of the molecule is C=C(C)CNS(=O)(=O)C(C#N)CC. The van der Waals surface area contributed by atoms with Gasteiger partial charge in [-0.05, 0) is 13.3 Å². The molecule has 0 spiro atoms. The van der Waals surface area contributed by atoms with Crippen LogP contribution in [0, 0.1) is 11.3 Å². The Morgan fingerprint density at radius 1 is 1.69 bits per heavy atom. The molecule has 0 saturated carbocycles. The molecule has 0 bridgehead atoms. The second-order valence-electron chi connectivity index (χ2n) is 2.85. The number of nitriles is 1. The van der Waals surface area contributed by atoms with Crippen molar-refractivity contribution in [2.24, 2.45) is 0 Å². The van der Waals surface area contributed by atoms with Gasteiger partial charge in [-0.1, -0.05) is 19.1 Å². The first-order valence-electron chi connectivity index (χ1n) is 3.96. The second-order valence-corrected chi connectivity index (χ2v) is 4.80. The number of hydrogen-bond donors (Lipinski definition) is 1. The van der Waals surface area contributed by atoms with E-state index in [0.717, 1.165) is 5.57 Å². The molecule has 0 aliphatic heterocycles. The molecule has 0 aliphatic rings. The second kappa shape index (κ2) is 5.00. The van der Waals surface area contributed by atoms with Crippen LogP contribution in [0.1, 0.15) is 20.3 Å². The molecule has 0 fully saturated rings. The standard InChI is InChI=1S/C8H14N2O2S/c1-4-8(5-9)13(11,12)10-6-7(2)3/h8,10H,2,4,6H2,1,3H3. The summed E-state index contributed by atoms with van der Waals surface area (Å²) in [5.74, 6) is 0. The Labute approximate surface area is 79.3 Å². The van der Waals surface area contributed by atoms with Gasteiger partial charge < -0.3 is 0 Å². The van der Waals surface area contributed by atoms with E-state index in [-0.39, 0.29) is 6.54 Å². The minimum Gasteiger partial charge on any atom is -0.211 e. The number of nitrogens with zero attached hydrogens (tertiary/aromatic N) is 1. The van der Waals surface area contributed by atoms with Gasteiger partial charge in [0, 0.05) is 6.54 Å². The summed E-state index contributed by atoms with van der Waals surface area (Å²) in [6, 6.07) is 1.74. The summed E-state index contributed by atoms with van der Waals surface area (Å²) in [5.41, 5.74) is 0.719. The average molecular weight is 202 g/mol. The van der Waals surface area contributed by atoms with Crippen LogP contribution in [0.25, 0.3) is 0 Å². The van der Waals surface area contributed by atoms with Crippen LogP contribution in [0.3, 0.4) is 0 Å². The van der Waals surface area contributed by atoms with Crippen molar-refractivity contribution in [3.05, 3.63) is 12.2 Å². The lowest BCUT2D eigenvalue weighted by atomic mass is 10.4. The first kappa shape index (κ1) is 12.1. The van der Waals surface area contributed by atoms with E-state index >= 15 is 0 Å². The molecule has 0 amide bonds. The molecule has 0 aromatic heterocycles. The molecular weight excluding hydrogens is 188 g/mol. The molecule has 0 heterocycles. The van der Waals surface area contributed by atoms with Crippen LogP contribution in [0.2, 0.25) is 0 Å². The van der Waals surface area contributed by atoms with E-state index in [1.807, 2.05) is 0 Å². The molecule has 0 saturated heterocycles. The maximum absolute atomic E-state index is 11.3. The molecule has 1 unspecified atom stereocenters. The van der Waals surface area contributed by atoms with Gasteiger partial charge in [0.1, 0.15) is 0 Å². The van der Waals surface area contributed by atoms with E-state index < -0.39 is 15.3 Å². The van der Waals surface area contributed by atoms with Crippen molar-refractivity contribution in [3.63, 3.8) is 0 Å². The van der Waals surface area contributed by atoms with Crippen LogP contribution in [0.5, 0.6) is 0 Å². The average Bonchev–Trinajstić information content (AvgIpc) is 2.03. The van der Waals surface area contributed by atoms with E-state index in [1.165, 1.54) is 0 Å². The molecule has 0 aromatic rings. The van der Waals surface area contributed by atoms with Gasteiger partial charge in [-0.2, -0.15) is 5.26 Å². The topological polar surface area (TPSA) is 70.0 Å². The van der Waals surface area contributed by atoms with Gasteiger partial charge in [0.2, 0.25) is 10.0 Å². The van der Waals surface area contributed by atoms with Crippen LogP contribution in [-0.4, -0.2) is 20.2 Å². The highest BCUT2D eigenvalue weighted by molar-refractivity contribution is 7.90. The van der Waals surface area contributed by atoms with Gasteiger partial charge in [0.25, 0.3) is 0 Å². The van der Waals surface area contributed by atoms with Crippen LogP contribution < -0.4 is 4.72 Å². The minimum atomic E-state index is -3.49. The zero-order valence-corrected chi connectivity index (χ0v) is 8.69. The summed E-state index contributed by atoms with van der Waals surface area (Å²) in [7, 11) is -3.49. The molecule has 74 valence electrons. The molecule has 13 heavy (non-hydrogen) atoms. The number of sulfonamides is 1. The molecule has 1 atom stereocenters. The van der Waals surface area contributed by atoms with Crippen LogP contribution in [-0.2, 0) is 10.0 Å². The Balaban J connectivity index is 4.41. The van der Waals surface area contributed by atoms with E-state index in [1.54, 1.807) is 19.9 Å². The van der Waals surface area contributed by atoms with Crippen molar-refractivity contribution in [1.29, 1.82) is 5.26 Å². The maximum Gasteiger partial charge on any atom is 0.228 e. The smallest absolute Gasteiger partial charge is 0.211 e. The Kier molecular flexibility index (Phi) is 4.67. The fraction of sp³-hybridized carbons (Fsp3) is 0.625. The highest BCUT2D eigenvalue weighted by atomic mass is 32.2. The molecular formula is C8H14N2O2S. The van der Waals surface area contributed by atoms with Gasteiger partial charge in [-0.15, -0.1) is 0 Å². The fourth-order valence-electron chi connectivity index (χ4n) is 0.704. The zero-order chi connectivity index (χ0) is 10.5. The first-order valence-corrected chi connectivity index (χ1v) is 5.51. The Hall–Kier alpha value is -0.860. The molecule has 5 heteroatoms. The highest BCUT2D eigenvalue weighted by Crippen LogP contribution is 2.02. The molecule has 1 N–H and O–H groups in total. The Morgan fingerprint density at radius 2 is 2.23 bits per heavy atom. The maximum atomic E-state index is 11.3. The lowest BCUT2D eigenvalue weighted by Crippen LogP contribution is -2.33. The minimum absolute atomic E-state index is 0.195. The van der Waals surface area contributed by atoms with Crippen LogP contribution in [0.4, 0.5) is 0 Å². The summed E-state index contributed by atoms with van der Waals surface area (Å²) >= 11 is 0. The largest absolute Gasteiger partial charge is 0.228 e. The lowest BCUT2D eigenvalue weighted by Gasteiger charge is -2.09. The molecule has 0 radical (unpaired) electrons. The van der Waals surface area contributed by atoms with Gasteiger partial charge in [-0.3, -0.25) is 0 Å². The quantitative estimate of drug-likeness (QED) is 0.670. The van der Waals surface area contributed by atoms with E-state index in [2.05, 4.69) is 11.3 Å². The number of nitrogens with one attached hydrogen (secondary N) is 1. The number of rotatable bonds is 5. The summed E-state index contributed by atoms with van der Waals surface area (Å²) in [6.07, 6.45) is 0.294. The Morgan fingerprint density at radius 3 is 2.54 bits per heavy atom. The predicted octanol–water partition coefficient (Wildman–Crippen LogP) is 0.784. The van der Waals surface area contributed by atoms with Crippen molar-refractivity contribution in [2.45, 2.75) is 25.5 Å². The van der Waals surface area contributed by atoms with E-state index in [9.17, 15) is 8.42 Å². The van der Waals surface area contributed by atoms with Crippen molar-refractivity contribution < 1.29 is 8.42 Å².